The van der Waals surface area contributed by atoms with Gasteiger partial charge in [-0.15, -0.1) is 0 Å². The first kappa shape index (κ1) is 20.1. The lowest BCUT2D eigenvalue weighted by Gasteiger charge is -2.44. The highest BCUT2D eigenvalue weighted by atomic mass is 16.2. The summed E-state index contributed by atoms with van der Waals surface area (Å²) in [5.41, 5.74) is 2.05. The van der Waals surface area contributed by atoms with Gasteiger partial charge in [0.2, 0.25) is 17.7 Å². The van der Waals surface area contributed by atoms with E-state index in [1.54, 1.807) is 4.90 Å². The minimum absolute atomic E-state index is 0.0255. The maximum atomic E-state index is 13.2. The van der Waals surface area contributed by atoms with Crippen molar-refractivity contribution in [1.29, 1.82) is 0 Å². The number of hydrogen-bond acceptors (Lipinski definition) is 3. The van der Waals surface area contributed by atoms with Gasteiger partial charge in [0.25, 0.3) is 0 Å². The predicted molar refractivity (Wildman–Crippen MR) is 115 cm³/mol. The SMILES string of the molecule is O=C(N[C@H]1CCN2C(=O)[C@@H](Cc3c[nH]c4ccccc34)NC(=O)[C@@H]2C1)C1CC[NH2+]CC1. The molecule has 5 N–H and O–H groups in total. The first-order chi connectivity index (χ1) is 15.1. The average molecular weight is 425 g/mol. The summed E-state index contributed by atoms with van der Waals surface area (Å²) >= 11 is 0. The number of nitrogens with one attached hydrogen (secondary N) is 3. The molecule has 164 valence electrons. The first-order valence-corrected chi connectivity index (χ1v) is 11.4. The lowest BCUT2D eigenvalue weighted by molar-refractivity contribution is -0.664. The van der Waals surface area contributed by atoms with Crippen molar-refractivity contribution < 1.29 is 19.7 Å². The number of aromatic nitrogens is 1. The fourth-order valence-corrected chi connectivity index (χ4v) is 5.31. The lowest BCUT2D eigenvalue weighted by Crippen LogP contribution is -2.86. The third-order valence-electron chi connectivity index (χ3n) is 7.06. The standard InChI is InChI=1S/C23H29N5O3/c29-21(14-5-8-24-9-6-14)26-16-7-10-28-20(12-16)22(30)27-19(23(28)31)11-15-13-25-18-4-2-1-3-17(15)18/h1-4,13-14,16,19-20,24-25H,5-12H2,(H,26,29)(H,27,30)/p+1/t16-,19+,20-/m0/s1. The first-order valence-electron chi connectivity index (χ1n) is 11.4. The van der Waals surface area contributed by atoms with Crippen molar-refractivity contribution in [1.82, 2.24) is 20.5 Å². The van der Waals surface area contributed by atoms with Gasteiger partial charge in [-0.25, -0.2) is 0 Å². The zero-order chi connectivity index (χ0) is 21.4. The topological polar surface area (TPSA) is 111 Å². The third kappa shape index (κ3) is 3.92. The fourth-order valence-electron chi connectivity index (χ4n) is 5.31. The van der Waals surface area contributed by atoms with E-state index in [2.05, 4.69) is 20.9 Å². The molecule has 2 aromatic rings. The number of nitrogens with two attached hydrogens (primary N) is 1. The summed E-state index contributed by atoms with van der Waals surface area (Å²) in [6.45, 7) is 2.49. The molecule has 8 heteroatoms. The Morgan fingerprint density at radius 3 is 2.81 bits per heavy atom. The number of benzene rings is 1. The van der Waals surface area contributed by atoms with Gasteiger partial charge in [-0.3, -0.25) is 14.4 Å². The largest absolute Gasteiger partial charge is 0.361 e. The maximum absolute atomic E-state index is 13.2. The molecule has 0 saturated carbocycles. The van der Waals surface area contributed by atoms with Crippen molar-refractivity contribution in [3.05, 3.63) is 36.0 Å². The number of carbonyl (C=O) groups is 3. The average Bonchev–Trinajstić information content (AvgIpc) is 3.21. The van der Waals surface area contributed by atoms with Gasteiger partial charge in [0.15, 0.2) is 0 Å². The van der Waals surface area contributed by atoms with Gasteiger partial charge in [0.1, 0.15) is 12.1 Å². The molecule has 31 heavy (non-hydrogen) atoms. The van der Waals surface area contributed by atoms with Crippen LogP contribution in [0.15, 0.2) is 30.5 Å². The molecule has 3 atom stereocenters. The lowest BCUT2D eigenvalue weighted by atomic mass is 9.90. The van der Waals surface area contributed by atoms with Crippen LogP contribution < -0.4 is 16.0 Å². The molecule has 8 nitrogen and oxygen atoms in total. The Labute approximate surface area is 181 Å². The number of fused-ring (bicyclic) bond motifs is 2. The molecule has 3 aliphatic rings. The van der Waals surface area contributed by atoms with Crippen LogP contribution in [0.2, 0.25) is 0 Å². The van der Waals surface area contributed by atoms with E-state index in [0.717, 1.165) is 42.4 Å². The molecule has 0 unspecified atom stereocenters. The van der Waals surface area contributed by atoms with E-state index in [9.17, 15) is 14.4 Å². The molecule has 0 spiro atoms. The fraction of sp³-hybridized carbons (Fsp3) is 0.522. The van der Waals surface area contributed by atoms with E-state index in [-0.39, 0.29) is 29.7 Å². The zero-order valence-corrected chi connectivity index (χ0v) is 17.6. The van der Waals surface area contributed by atoms with Crippen LogP contribution in [-0.4, -0.2) is 65.4 Å². The summed E-state index contributed by atoms with van der Waals surface area (Å²) in [4.78, 5) is 43.6. The quantitative estimate of drug-likeness (QED) is 0.539. The number of aromatic amines is 1. The molecule has 5 rings (SSSR count). The molecule has 3 fully saturated rings. The molecule has 1 aromatic heterocycles. The van der Waals surface area contributed by atoms with Crippen LogP contribution in [0.25, 0.3) is 10.9 Å². The van der Waals surface area contributed by atoms with E-state index in [4.69, 9.17) is 0 Å². The molecule has 0 radical (unpaired) electrons. The summed E-state index contributed by atoms with van der Waals surface area (Å²) in [5, 5.41) is 9.41. The molecule has 0 aliphatic carbocycles. The van der Waals surface area contributed by atoms with Gasteiger partial charge in [-0.2, -0.15) is 0 Å². The Hall–Kier alpha value is -2.87. The Balaban J connectivity index is 1.23. The van der Waals surface area contributed by atoms with Gasteiger partial charge < -0.3 is 25.8 Å². The summed E-state index contributed by atoms with van der Waals surface area (Å²) in [7, 11) is 0. The van der Waals surface area contributed by atoms with Crippen molar-refractivity contribution in [2.24, 2.45) is 5.92 Å². The maximum Gasteiger partial charge on any atom is 0.246 e. The number of H-pyrrole nitrogens is 1. The molecule has 3 amide bonds. The monoisotopic (exact) mass is 424 g/mol. The summed E-state index contributed by atoms with van der Waals surface area (Å²) in [6.07, 6.45) is 5.38. The summed E-state index contributed by atoms with van der Waals surface area (Å²) in [5.74, 6) is 0.0369. The van der Waals surface area contributed by atoms with Gasteiger partial charge >= 0.3 is 0 Å². The van der Waals surface area contributed by atoms with Gasteiger partial charge in [0, 0.05) is 54.9 Å². The number of hydrogen-bond donors (Lipinski definition) is 4. The van der Waals surface area contributed by atoms with Gasteiger partial charge in [0.05, 0.1) is 13.1 Å². The Morgan fingerprint density at radius 2 is 1.97 bits per heavy atom. The number of amides is 3. The van der Waals surface area contributed by atoms with Gasteiger partial charge in [-0.1, -0.05) is 18.2 Å². The van der Waals surface area contributed by atoms with Crippen molar-refractivity contribution in [2.75, 3.05) is 19.6 Å². The number of piperidine rings is 2. The normalized spacial score (nSPS) is 27.1. The highest BCUT2D eigenvalue weighted by molar-refractivity contribution is 5.98. The van der Waals surface area contributed by atoms with E-state index >= 15 is 0 Å². The smallest absolute Gasteiger partial charge is 0.246 e. The van der Waals surface area contributed by atoms with Crippen molar-refractivity contribution in [3.8, 4) is 0 Å². The molecule has 0 bridgehead atoms. The van der Waals surface area contributed by atoms with Crippen LogP contribution in [0.3, 0.4) is 0 Å². The molecular formula is C23H30N5O3+. The van der Waals surface area contributed by atoms with Crippen LogP contribution in [0.5, 0.6) is 0 Å². The number of piperazine rings is 1. The number of nitrogens with zero attached hydrogens (tertiary/aromatic N) is 1. The molecule has 1 aromatic carbocycles. The highest BCUT2D eigenvalue weighted by Gasteiger charge is 2.44. The zero-order valence-electron chi connectivity index (χ0n) is 17.6. The van der Waals surface area contributed by atoms with Gasteiger partial charge in [-0.05, 0) is 24.5 Å². The second-order valence-electron chi connectivity index (χ2n) is 9.04. The van der Waals surface area contributed by atoms with Crippen LogP contribution >= 0.6 is 0 Å². The highest BCUT2D eigenvalue weighted by Crippen LogP contribution is 2.26. The predicted octanol–water partition coefficient (Wildman–Crippen LogP) is -0.342. The van der Waals surface area contributed by atoms with E-state index in [0.29, 0.717) is 25.8 Å². The second kappa shape index (κ2) is 8.34. The number of para-hydroxylation sites is 1. The number of rotatable bonds is 4. The van der Waals surface area contributed by atoms with E-state index in [1.807, 2.05) is 30.5 Å². The third-order valence-corrected chi connectivity index (χ3v) is 7.06. The Bertz CT molecular complexity index is 996. The molecule has 3 saturated heterocycles. The molecule has 4 heterocycles. The molecular weight excluding hydrogens is 394 g/mol. The number of quaternary nitrogens is 1. The van der Waals surface area contributed by atoms with Crippen LogP contribution in [-0.2, 0) is 20.8 Å². The Kier molecular flexibility index (Phi) is 5.40. The van der Waals surface area contributed by atoms with Crippen molar-refractivity contribution in [3.63, 3.8) is 0 Å². The van der Waals surface area contributed by atoms with Crippen LogP contribution in [0, 0.1) is 5.92 Å². The van der Waals surface area contributed by atoms with E-state index in [1.165, 1.54) is 0 Å². The van der Waals surface area contributed by atoms with Crippen molar-refractivity contribution >= 4 is 28.6 Å². The summed E-state index contributed by atoms with van der Waals surface area (Å²) in [6, 6.07) is 6.87. The van der Waals surface area contributed by atoms with E-state index < -0.39 is 12.1 Å². The van der Waals surface area contributed by atoms with Crippen molar-refractivity contribution in [2.45, 2.75) is 50.2 Å². The van der Waals surface area contributed by atoms with Crippen LogP contribution in [0.1, 0.15) is 31.2 Å². The minimum atomic E-state index is -0.549. The Morgan fingerprint density at radius 1 is 1.16 bits per heavy atom. The second-order valence-corrected chi connectivity index (χ2v) is 9.04. The molecule has 3 aliphatic heterocycles. The minimum Gasteiger partial charge on any atom is -0.361 e. The van der Waals surface area contributed by atoms with Crippen LogP contribution in [0.4, 0.5) is 0 Å². The number of carbonyl (C=O) groups excluding carboxylic acids is 3. The summed E-state index contributed by atoms with van der Waals surface area (Å²) < 4.78 is 0.